The maximum Gasteiger partial charge on any atom is 0.335 e. The van der Waals surface area contributed by atoms with Crippen LogP contribution in [0.25, 0.3) is 4.85 Å². The molecule has 0 saturated heterocycles. The third-order valence-electron chi connectivity index (χ3n) is 9.15. The molecule has 8 nitrogen and oxygen atoms in total. The van der Waals surface area contributed by atoms with Crippen molar-refractivity contribution in [1.29, 1.82) is 21.0 Å². The van der Waals surface area contributed by atoms with Crippen LogP contribution < -0.4 is 5.73 Å². The molecule has 0 amide bonds. The summed E-state index contributed by atoms with van der Waals surface area (Å²) in [6, 6.07) is 8.99. The van der Waals surface area contributed by atoms with E-state index in [9.17, 15) is 0 Å². The van der Waals surface area contributed by atoms with Crippen molar-refractivity contribution in [3.05, 3.63) is 35.7 Å². The van der Waals surface area contributed by atoms with Gasteiger partial charge in [-0.3, -0.25) is 4.85 Å². The van der Waals surface area contributed by atoms with Gasteiger partial charge in [-0.1, -0.05) is 129 Å². The van der Waals surface area contributed by atoms with Gasteiger partial charge < -0.3 is 5.73 Å². The Kier molecular flexibility index (Phi) is 49.3. The van der Waals surface area contributed by atoms with Gasteiger partial charge in [0.15, 0.2) is 5.54 Å². The van der Waals surface area contributed by atoms with Gasteiger partial charge in [0.1, 0.15) is 0 Å². The predicted octanol–water partition coefficient (Wildman–Crippen LogP) is 21.3. The summed E-state index contributed by atoms with van der Waals surface area (Å²) in [4.78, 5) is 3.24. The van der Waals surface area contributed by atoms with Crippen LogP contribution in [0, 0.1) is 113 Å². The average Bonchev–Trinajstić information content (AvgIpc) is 3.08. The first kappa shape index (κ1) is 87.0. The number of rotatable bonds is 17. The fourth-order valence-corrected chi connectivity index (χ4v) is 8.73. The van der Waals surface area contributed by atoms with Crippen LogP contribution >= 0.6 is 24.0 Å². The van der Waals surface area contributed by atoms with Crippen LogP contribution in [0.5, 0.6) is 0 Å². The maximum atomic E-state index is 8.94. The smallest absolute Gasteiger partial charge is 0.330 e. The van der Waals surface area contributed by atoms with Gasteiger partial charge in [0.2, 0.25) is 0 Å². The lowest BCUT2D eigenvalue weighted by Gasteiger charge is -2.35. The number of halogens is 1. The summed E-state index contributed by atoms with van der Waals surface area (Å²) in [5.41, 5.74) is 7.19. The molecule has 0 atom stereocenters. The predicted molar refractivity (Wildman–Crippen MR) is 327 cm³/mol. The molecular weight excluding hydrogens is 972 g/mol. The topological polar surface area (TPSA) is 150 Å². The molecule has 0 bridgehead atoms. The quantitative estimate of drug-likeness (QED) is 0.0666. The molecule has 0 aromatic rings. The Morgan fingerprint density at radius 2 is 0.729 bits per heavy atom. The lowest BCUT2D eigenvalue weighted by Crippen LogP contribution is -2.30. The summed E-state index contributed by atoms with van der Waals surface area (Å²) in [6.07, 6.45) is 7.84. The first-order chi connectivity index (χ1) is 29.8. The van der Waals surface area contributed by atoms with Crippen LogP contribution in [-0.4, -0.2) is 17.7 Å². The van der Waals surface area contributed by atoms with E-state index >= 15 is 0 Å². The summed E-state index contributed by atoms with van der Waals surface area (Å²) in [6.45, 7) is 77.2. The normalized spacial score (nSPS) is 11.8. The van der Waals surface area contributed by atoms with Crippen LogP contribution in [0.3, 0.4) is 0 Å². The molecule has 0 aliphatic rings. The van der Waals surface area contributed by atoms with E-state index in [0.717, 1.165) is 31.7 Å². The van der Waals surface area contributed by atoms with E-state index in [2.05, 4.69) is 157 Å². The molecule has 0 aromatic heterocycles. The maximum absolute atomic E-state index is 8.94. The van der Waals surface area contributed by atoms with Gasteiger partial charge >= 0.3 is 5.66 Å². The molecule has 70 heavy (non-hydrogen) atoms. The first-order valence-electron chi connectivity index (χ1n) is 25.2. The van der Waals surface area contributed by atoms with E-state index in [1.165, 1.54) is 36.8 Å². The lowest BCUT2D eigenvalue weighted by molar-refractivity contribution is 0.170. The summed E-state index contributed by atoms with van der Waals surface area (Å²) >= 11 is 0. The van der Waals surface area contributed by atoms with Gasteiger partial charge in [0.05, 0.1) is 40.5 Å². The minimum absolute atomic E-state index is 0. The summed E-state index contributed by atoms with van der Waals surface area (Å²) in [7, 11) is 0. The molecule has 0 unspecified atom stereocenters. The first-order valence-corrected chi connectivity index (χ1v) is 25.2. The van der Waals surface area contributed by atoms with Gasteiger partial charge in [-0.05, 0) is 180 Å². The van der Waals surface area contributed by atoms with Crippen molar-refractivity contribution in [3.63, 3.8) is 0 Å². The zero-order valence-corrected chi connectivity index (χ0v) is 53.8. The van der Waals surface area contributed by atoms with E-state index in [-0.39, 0.29) is 61.3 Å². The van der Waals surface area contributed by atoms with Gasteiger partial charge in [-0.25, -0.2) is 6.57 Å². The Morgan fingerprint density at radius 3 is 0.900 bits per heavy atom. The van der Waals surface area contributed by atoms with E-state index in [0.29, 0.717) is 28.6 Å². The van der Waals surface area contributed by atoms with E-state index in [1.807, 2.05) is 75.3 Å². The monoisotopic (exact) mass is 1100 g/mol. The molecule has 0 spiro atoms. The molecule has 416 valence electrons. The van der Waals surface area contributed by atoms with Crippen molar-refractivity contribution in [1.82, 2.24) is 0 Å². The second kappa shape index (κ2) is 39.7. The highest BCUT2D eigenvalue weighted by molar-refractivity contribution is 14.0. The SMILES string of the molecule is C.C=C(C)C.C=C(C)C.CC(C)CC(C)(C)C#N.CC(C)CC(C)(C)CC(C)(C)C#N.CC(C)CC(C)(C)CC(C)(C)C#N.CC(C)CC(C)(C)CC(C)(C)CN.I.[C-]#[N+]C(C)(C)N=NC(C)(C)C#N.[HH].[HH]. The minimum atomic E-state index is -0.853. The summed E-state index contributed by atoms with van der Waals surface area (Å²) in [5, 5.41) is 42.6. The number of nitrogens with zero attached hydrogens (tertiary/aromatic N) is 7. The second-order valence-electron chi connectivity index (χ2n) is 27.7. The van der Waals surface area contributed by atoms with Gasteiger partial charge in [0.25, 0.3) is 0 Å². The van der Waals surface area contributed by atoms with Crippen molar-refractivity contribution in [2.24, 2.45) is 77.5 Å². The molecule has 0 aliphatic heterocycles. The van der Waals surface area contributed by atoms with Crippen LogP contribution in [0.2, 0.25) is 0 Å². The van der Waals surface area contributed by atoms with Crippen molar-refractivity contribution in [3.8, 4) is 24.3 Å². The third kappa shape index (κ3) is 74.2. The molecule has 0 aromatic carbocycles. The largest absolute Gasteiger partial charge is 0.335 e. The molecule has 9 heteroatoms. The molecule has 0 fully saturated rings. The molecule has 0 rings (SSSR count). The second-order valence-corrected chi connectivity index (χ2v) is 27.7. The molecule has 0 heterocycles. The number of hydrogen-bond donors (Lipinski definition) is 1. The Labute approximate surface area is 460 Å². The standard InChI is InChI=1S/C12H27N.2C12H23N.C8H12N4.C8H15N.2C4H8.CH4.HI.2H2/c3*1-10(2)7-11(3,4)8-12(5,6)9-13;1-7(2,6-9)11-12-8(3,4)10-5;1-7(2)5-8(3,4)6-9;2*1-4(2)3;;;;/h10H,7-9,13H2,1-6H3;2*10H,7-8H2,1-6H3;1-4H3;7H,5H2,1-4H3;2*1H2,2-3H3;1H4;3*1H. The van der Waals surface area contributed by atoms with Crippen molar-refractivity contribution in [2.45, 2.75) is 271 Å². The molecular formula is C61H125IN8. The number of nitriles is 4. The molecule has 0 saturated carbocycles. The van der Waals surface area contributed by atoms with E-state index in [1.54, 1.807) is 27.7 Å². The third-order valence-corrected chi connectivity index (χ3v) is 9.15. The molecule has 2 N–H and O–H groups in total. The number of hydrogen-bond acceptors (Lipinski definition) is 7. The van der Waals surface area contributed by atoms with Crippen LogP contribution in [0.4, 0.5) is 0 Å². The zero-order chi connectivity index (χ0) is 56.6. The molecule has 0 radical (unpaired) electrons. The number of azo groups is 1. The lowest BCUT2D eigenvalue weighted by atomic mass is 9.71. The van der Waals surface area contributed by atoms with Crippen LogP contribution in [0.15, 0.2) is 34.5 Å². The number of nitrogens with two attached hydrogens (primary N) is 1. The van der Waals surface area contributed by atoms with Gasteiger partial charge in [0, 0.05) is 16.7 Å². The summed E-state index contributed by atoms with van der Waals surface area (Å²) in [5.74, 6) is 2.83. The average molecular weight is 1100 g/mol. The van der Waals surface area contributed by atoms with Crippen LogP contribution in [0.1, 0.15) is 263 Å². The Hall–Kier alpha value is -2.78. The summed E-state index contributed by atoms with van der Waals surface area (Å²) < 4.78 is 0. The van der Waals surface area contributed by atoms with Gasteiger partial charge in [-0.15, -0.1) is 42.2 Å². The number of allylic oxidation sites excluding steroid dienone is 2. The van der Waals surface area contributed by atoms with E-state index < -0.39 is 11.2 Å². The van der Waals surface area contributed by atoms with E-state index in [4.69, 9.17) is 33.4 Å². The highest BCUT2D eigenvalue weighted by Gasteiger charge is 2.31. The Morgan fingerprint density at radius 1 is 0.486 bits per heavy atom. The van der Waals surface area contributed by atoms with Crippen molar-refractivity contribution >= 4 is 24.0 Å². The van der Waals surface area contributed by atoms with Crippen molar-refractivity contribution in [2.75, 3.05) is 6.54 Å². The zero-order valence-electron chi connectivity index (χ0n) is 51.5. The Balaban J connectivity index is -0.0000000684. The minimum Gasteiger partial charge on any atom is -0.330 e. The molecule has 0 aliphatic carbocycles. The Bertz CT molecular complexity index is 1530. The van der Waals surface area contributed by atoms with Crippen LogP contribution in [-0.2, 0) is 0 Å². The highest BCUT2D eigenvalue weighted by Crippen LogP contribution is 2.39. The van der Waals surface area contributed by atoms with Gasteiger partial charge in [-0.2, -0.15) is 26.2 Å². The fourth-order valence-electron chi connectivity index (χ4n) is 8.73. The highest BCUT2D eigenvalue weighted by atomic mass is 127. The fraction of sp³-hybridized carbons (Fsp3) is 0.852. The van der Waals surface area contributed by atoms with Crippen molar-refractivity contribution < 1.29 is 2.85 Å².